The molecule has 19 heavy (non-hydrogen) atoms. The fourth-order valence-corrected chi connectivity index (χ4v) is 2.30. The average Bonchev–Trinajstić information content (AvgIpc) is 2.43. The van der Waals surface area contributed by atoms with Gasteiger partial charge in [-0.25, -0.2) is 4.98 Å². The SMILES string of the molecule is CCCc1c(N)nc(-c2ccc(SC)cc2)[nH]c1=O. The fraction of sp³-hybridized carbons (Fsp3) is 0.286. The number of nitrogens with two attached hydrogens (primary N) is 1. The predicted molar refractivity (Wildman–Crippen MR) is 80.5 cm³/mol. The number of hydrogen-bond donors (Lipinski definition) is 2. The number of thioether (sulfide) groups is 1. The molecule has 0 radical (unpaired) electrons. The second-order valence-corrected chi connectivity index (χ2v) is 5.14. The van der Waals surface area contributed by atoms with Gasteiger partial charge in [0.2, 0.25) is 0 Å². The molecule has 0 spiro atoms. The van der Waals surface area contributed by atoms with Crippen LogP contribution in [0.15, 0.2) is 34.0 Å². The fourth-order valence-electron chi connectivity index (χ4n) is 1.89. The van der Waals surface area contributed by atoms with Crippen molar-refractivity contribution in [2.75, 3.05) is 12.0 Å². The third kappa shape index (κ3) is 2.98. The summed E-state index contributed by atoms with van der Waals surface area (Å²) < 4.78 is 0. The molecule has 2 aromatic rings. The van der Waals surface area contributed by atoms with E-state index in [1.807, 2.05) is 37.4 Å². The summed E-state index contributed by atoms with van der Waals surface area (Å²) in [7, 11) is 0. The van der Waals surface area contributed by atoms with Crippen LogP contribution >= 0.6 is 11.8 Å². The number of aromatic nitrogens is 2. The van der Waals surface area contributed by atoms with Crippen LogP contribution in [0.5, 0.6) is 0 Å². The van der Waals surface area contributed by atoms with Gasteiger partial charge in [0.1, 0.15) is 11.6 Å². The van der Waals surface area contributed by atoms with Crippen LogP contribution in [0.1, 0.15) is 18.9 Å². The van der Waals surface area contributed by atoms with Gasteiger partial charge in [-0.2, -0.15) is 0 Å². The zero-order valence-corrected chi connectivity index (χ0v) is 11.9. The third-order valence-corrected chi connectivity index (χ3v) is 3.65. The van der Waals surface area contributed by atoms with Crippen molar-refractivity contribution in [3.8, 4) is 11.4 Å². The van der Waals surface area contributed by atoms with Crippen LogP contribution in [-0.2, 0) is 6.42 Å². The number of anilines is 1. The molecule has 0 aliphatic rings. The molecule has 0 atom stereocenters. The van der Waals surface area contributed by atoms with Gasteiger partial charge in [-0.3, -0.25) is 4.79 Å². The Kier molecular flexibility index (Phi) is 4.27. The highest BCUT2D eigenvalue weighted by Crippen LogP contribution is 2.20. The first-order valence-corrected chi connectivity index (χ1v) is 7.41. The van der Waals surface area contributed by atoms with E-state index in [0.29, 0.717) is 23.6 Å². The van der Waals surface area contributed by atoms with Crippen LogP contribution in [0.4, 0.5) is 5.82 Å². The van der Waals surface area contributed by atoms with E-state index in [1.54, 1.807) is 11.8 Å². The number of hydrogen-bond acceptors (Lipinski definition) is 4. The van der Waals surface area contributed by atoms with Crippen LogP contribution in [0.3, 0.4) is 0 Å². The van der Waals surface area contributed by atoms with Gasteiger partial charge in [-0.15, -0.1) is 11.8 Å². The largest absolute Gasteiger partial charge is 0.383 e. The van der Waals surface area contributed by atoms with Crippen molar-refractivity contribution >= 4 is 17.6 Å². The van der Waals surface area contributed by atoms with Crippen molar-refractivity contribution in [2.24, 2.45) is 0 Å². The van der Waals surface area contributed by atoms with Crippen molar-refractivity contribution in [3.63, 3.8) is 0 Å². The first kappa shape index (κ1) is 13.7. The second-order valence-electron chi connectivity index (χ2n) is 4.26. The maximum absolute atomic E-state index is 12.0. The molecule has 0 aliphatic carbocycles. The smallest absolute Gasteiger partial charge is 0.256 e. The Morgan fingerprint density at radius 1 is 1.32 bits per heavy atom. The summed E-state index contributed by atoms with van der Waals surface area (Å²) in [5, 5.41) is 0. The van der Waals surface area contributed by atoms with Crippen molar-refractivity contribution in [1.29, 1.82) is 0 Å². The van der Waals surface area contributed by atoms with Gasteiger partial charge < -0.3 is 10.7 Å². The number of nitrogens with zero attached hydrogens (tertiary/aromatic N) is 1. The molecule has 0 unspecified atom stereocenters. The molecule has 2 rings (SSSR count). The van der Waals surface area contributed by atoms with Crippen molar-refractivity contribution < 1.29 is 0 Å². The Balaban J connectivity index is 2.42. The van der Waals surface area contributed by atoms with Gasteiger partial charge >= 0.3 is 0 Å². The normalized spacial score (nSPS) is 10.6. The lowest BCUT2D eigenvalue weighted by molar-refractivity contribution is 0.892. The number of nitrogen functional groups attached to an aromatic ring is 1. The summed E-state index contributed by atoms with van der Waals surface area (Å²) in [5.74, 6) is 0.851. The van der Waals surface area contributed by atoms with E-state index < -0.39 is 0 Å². The van der Waals surface area contributed by atoms with Crippen LogP contribution in [0, 0.1) is 0 Å². The molecule has 1 aromatic heterocycles. The summed E-state index contributed by atoms with van der Waals surface area (Å²) in [6, 6.07) is 7.86. The second kappa shape index (κ2) is 5.93. The maximum atomic E-state index is 12.0. The van der Waals surface area contributed by atoms with E-state index in [2.05, 4.69) is 9.97 Å². The van der Waals surface area contributed by atoms with Crippen molar-refractivity contribution in [2.45, 2.75) is 24.7 Å². The molecule has 0 saturated heterocycles. The van der Waals surface area contributed by atoms with E-state index in [0.717, 1.165) is 12.0 Å². The molecule has 1 aromatic carbocycles. The zero-order valence-electron chi connectivity index (χ0n) is 11.1. The summed E-state index contributed by atoms with van der Waals surface area (Å²) in [6.45, 7) is 2.01. The minimum Gasteiger partial charge on any atom is -0.383 e. The molecule has 3 N–H and O–H groups in total. The molecule has 0 bridgehead atoms. The first-order valence-electron chi connectivity index (χ1n) is 6.18. The van der Waals surface area contributed by atoms with Crippen molar-refractivity contribution in [3.05, 3.63) is 40.2 Å². The Hall–Kier alpha value is -1.75. The molecule has 100 valence electrons. The van der Waals surface area contributed by atoms with Crippen LogP contribution in [-0.4, -0.2) is 16.2 Å². The molecule has 0 amide bonds. The highest BCUT2D eigenvalue weighted by Gasteiger charge is 2.09. The summed E-state index contributed by atoms with van der Waals surface area (Å²) in [4.78, 5) is 20.2. The van der Waals surface area contributed by atoms with Gasteiger partial charge in [0.05, 0.1) is 5.56 Å². The van der Waals surface area contributed by atoms with Gasteiger partial charge in [-0.05, 0) is 24.8 Å². The Labute approximate surface area is 116 Å². The average molecular weight is 275 g/mol. The number of aromatic amines is 1. The lowest BCUT2D eigenvalue weighted by Gasteiger charge is -2.06. The van der Waals surface area contributed by atoms with Crippen LogP contribution in [0.2, 0.25) is 0 Å². The Morgan fingerprint density at radius 2 is 2.00 bits per heavy atom. The van der Waals surface area contributed by atoms with E-state index in [4.69, 9.17) is 5.73 Å². The minimum absolute atomic E-state index is 0.140. The number of nitrogens with one attached hydrogen (secondary N) is 1. The highest BCUT2D eigenvalue weighted by atomic mass is 32.2. The standard InChI is InChI=1S/C14H17N3OS/c1-3-4-11-12(15)16-13(17-14(11)18)9-5-7-10(19-2)8-6-9/h5-8H,3-4H2,1-2H3,(H3,15,16,17,18). The molecule has 0 saturated carbocycles. The predicted octanol–water partition coefficient (Wildman–Crippen LogP) is 2.69. The van der Waals surface area contributed by atoms with E-state index in [-0.39, 0.29) is 5.56 Å². The topological polar surface area (TPSA) is 71.8 Å². The van der Waals surface area contributed by atoms with Crippen LogP contribution < -0.4 is 11.3 Å². The van der Waals surface area contributed by atoms with Gasteiger partial charge in [0.25, 0.3) is 5.56 Å². The van der Waals surface area contributed by atoms with E-state index in [9.17, 15) is 4.79 Å². The van der Waals surface area contributed by atoms with E-state index >= 15 is 0 Å². The van der Waals surface area contributed by atoms with E-state index in [1.165, 1.54) is 4.90 Å². The Morgan fingerprint density at radius 3 is 2.53 bits per heavy atom. The molecule has 5 heteroatoms. The Bertz CT molecular complexity index is 620. The van der Waals surface area contributed by atoms with Gasteiger partial charge in [0.15, 0.2) is 0 Å². The third-order valence-electron chi connectivity index (χ3n) is 2.91. The van der Waals surface area contributed by atoms with Crippen molar-refractivity contribution in [1.82, 2.24) is 9.97 Å². The maximum Gasteiger partial charge on any atom is 0.256 e. The minimum atomic E-state index is -0.140. The molecular formula is C14H17N3OS. The number of rotatable bonds is 4. The van der Waals surface area contributed by atoms with Gasteiger partial charge in [-0.1, -0.05) is 25.5 Å². The number of benzene rings is 1. The highest BCUT2D eigenvalue weighted by molar-refractivity contribution is 7.98. The summed E-state index contributed by atoms with van der Waals surface area (Å²) >= 11 is 1.67. The monoisotopic (exact) mass is 275 g/mol. The quantitative estimate of drug-likeness (QED) is 0.842. The lowest BCUT2D eigenvalue weighted by Crippen LogP contribution is -2.18. The first-order chi connectivity index (χ1) is 9.15. The van der Waals surface area contributed by atoms with Crippen LogP contribution in [0.25, 0.3) is 11.4 Å². The lowest BCUT2D eigenvalue weighted by atomic mass is 10.1. The summed E-state index contributed by atoms with van der Waals surface area (Å²) in [5.41, 5.74) is 7.17. The van der Waals surface area contributed by atoms with Gasteiger partial charge in [0, 0.05) is 10.5 Å². The zero-order chi connectivity index (χ0) is 13.8. The number of H-pyrrole nitrogens is 1. The molecule has 0 fully saturated rings. The molecule has 1 heterocycles. The molecule has 0 aliphatic heterocycles. The molecule has 4 nitrogen and oxygen atoms in total. The molecular weight excluding hydrogens is 258 g/mol. The summed E-state index contributed by atoms with van der Waals surface area (Å²) in [6.07, 6.45) is 3.54.